The molecule has 1 aromatic carbocycles. The van der Waals surface area contributed by atoms with Crippen LogP contribution < -0.4 is 38.1 Å². The predicted octanol–water partition coefficient (Wildman–Crippen LogP) is 1.51. The van der Waals surface area contributed by atoms with Crippen molar-refractivity contribution in [1.29, 1.82) is 0 Å². The van der Waals surface area contributed by atoms with Crippen LogP contribution in [0.1, 0.15) is 97.5 Å². The van der Waals surface area contributed by atoms with Crippen LogP contribution >= 0.6 is 12.2 Å². The summed E-state index contributed by atoms with van der Waals surface area (Å²) in [5.74, 6) is -3.85. The third-order valence-corrected chi connectivity index (χ3v) is 10.1. The molecule has 1 aliphatic heterocycles. The molecule has 5 amide bonds. The SMILES string of the molecule is CC[C@H](C)[C@H](NC(=O)[C@H](CC(C)C)NC=S)C(=O)N[C@@H](CCCCN)C(=O)N[C@@H](CCCCN)C(=O)N1CCC[C@H]1C(=O)N[C@@H](Cc1ccccc1)C(=O)O. The predicted molar refractivity (Wildman–Crippen MR) is 216 cm³/mol. The minimum atomic E-state index is -1.20. The normalized spacial score (nSPS) is 17.2. The van der Waals surface area contributed by atoms with E-state index in [9.17, 15) is 33.9 Å². The van der Waals surface area contributed by atoms with Gasteiger partial charge in [0.15, 0.2) is 0 Å². The Labute approximate surface area is 331 Å². The van der Waals surface area contributed by atoms with Gasteiger partial charge >= 0.3 is 5.97 Å². The molecule has 16 heteroatoms. The number of unbranched alkanes of at least 4 members (excludes halogenated alkanes) is 2. The molecule has 2 rings (SSSR count). The lowest BCUT2D eigenvalue weighted by Gasteiger charge is -2.31. The van der Waals surface area contributed by atoms with Crippen LogP contribution in [0.15, 0.2) is 30.3 Å². The van der Waals surface area contributed by atoms with Crippen LogP contribution in [0, 0.1) is 11.8 Å². The number of thiocarbonyl (C=S) groups is 1. The van der Waals surface area contributed by atoms with Gasteiger partial charge in [-0.05, 0) is 88.3 Å². The second-order valence-corrected chi connectivity index (χ2v) is 15.0. The Kier molecular flexibility index (Phi) is 21.4. The van der Waals surface area contributed by atoms with Gasteiger partial charge in [-0.2, -0.15) is 0 Å². The molecule has 10 N–H and O–H groups in total. The molecule has 55 heavy (non-hydrogen) atoms. The first-order valence-electron chi connectivity index (χ1n) is 19.7. The number of benzene rings is 1. The highest BCUT2D eigenvalue weighted by Gasteiger charge is 2.40. The minimum absolute atomic E-state index is 0.0712. The lowest BCUT2D eigenvalue weighted by molar-refractivity contribution is -0.145. The van der Waals surface area contributed by atoms with Crippen LogP contribution in [0.25, 0.3) is 0 Å². The average Bonchev–Trinajstić information content (AvgIpc) is 3.65. The number of nitrogens with one attached hydrogen (secondary N) is 5. The molecule has 308 valence electrons. The highest BCUT2D eigenvalue weighted by atomic mass is 32.1. The standard InChI is InChI=1S/C39H64N8O7S/c1-5-26(4)33(46-35(49)30(42-24-55)22-25(2)3)37(51)43-28(16-9-11-19-40)34(48)44-29(17-10-12-20-41)38(52)47-21-13-18-32(47)36(50)45-31(39(53)54)23-27-14-7-6-8-15-27/h6-8,14-15,24-26,28-33H,5,9-13,16-23,40-41H2,1-4H3,(H,42,55)(H,43,51)(H,44,48)(H,45,50)(H,46,49)(H,53,54)/t26-,28-,29-,30-,31-,32-,33-/m0/s1. The van der Waals surface area contributed by atoms with Crippen molar-refractivity contribution < 1.29 is 33.9 Å². The molecule has 0 bridgehead atoms. The molecule has 0 saturated carbocycles. The van der Waals surface area contributed by atoms with Gasteiger partial charge < -0.3 is 48.1 Å². The maximum atomic E-state index is 14.2. The van der Waals surface area contributed by atoms with E-state index in [-0.39, 0.29) is 43.6 Å². The summed E-state index contributed by atoms with van der Waals surface area (Å²) < 4.78 is 0. The summed E-state index contributed by atoms with van der Waals surface area (Å²) in [6.45, 7) is 8.70. The number of nitrogens with zero attached hydrogens (tertiary/aromatic N) is 1. The molecule has 1 heterocycles. The summed E-state index contributed by atoms with van der Waals surface area (Å²) in [4.78, 5) is 82.5. The van der Waals surface area contributed by atoms with E-state index in [4.69, 9.17) is 23.7 Å². The highest BCUT2D eigenvalue weighted by molar-refractivity contribution is 7.78. The fraction of sp³-hybridized carbons (Fsp3) is 0.667. The summed E-state index contributed by atoms with van der Waals surface area (Å²) in [5, 5.41) is 24.0. The summed E-state index contributed by atoms with van der Waals surface area (Å²) in [5.41, 5.74) is 13.5. The number of hydrogen-bond acceptors (Lipinski definition) is 9. The molecule has 1 fully saturated rings. The van der Waals surface area contributed by atoms with Gasteiger partial charge in [0.2, 0.25) is 29.5 Å². The van der Waals surface area contributed by atoms with Crippen molar-refractivity contribution >= 4 is 53.2 Å². The Balaban J connectivity index is 2.30. The third kappa shape index (κ3) is 15.9. The van der Waals surface area contributed by atoms with Crippen molar-refractivity contribution in [1.82, 2.24) is 31.5 Å². The van der Waals surface area contributed by atoms with E-state index in [0.717, 1.165) is 5.56 Å². The van der Waals surface area contributed by atoms with Crippen LogP contribution in [0.2, 0.25) is 0 Å². The average molecular weight is 789 g/mol. The van der Waals surface area contributed by atoms with Gasteiger partial charge in [-0.15, -0.1) is 0 Å². The Hall–Kier alpha value is -4.15. The van der Waals surface area contributed by atoms with E-state index < -0.39 is 65.8 Å². The number of carbonyl (C=O) groups excluding carboxylic acids is 5. The third-order valence-electron chi connectivity index (χ3n) is 9.96. The Morgan fingerprint density at radius 1 is 0.836 bits per heavy atom. The first-order chi connectivity index (χ1) is 26.3. The van der Waals surface area contributed by atoms with Crippen LogP contribution in [-0.4, -0.2) is 107 Å². The highest BCUT2D eigenvalue weighted by Crippen LogP contribution is 2.21. The number of carbonyl (C=O) groups is 6. The van der Waals surface area contributed by atoms with Crippen molar-refractivity contribution in [3.8, 4) is 0 Å². The number of amides is 5. The molecule has 1 saturated heterocycles. The quantitative estimate of drug-likeness (QED) is 0.0495. The molecule has 1 aliphatic rings. The number of rotatable bonds is 26. The van der Waals surface area contributed by atoms with Gasteiger partial charge in [-0.1, -0.05) is 76.7 Å². The van der Waals surface area contributed by atoms with E-state index in [1.165, 1.54) is 10.4 Å². The van der Waals surface area contributed by atoms with Crippen molar-refractivity contribution in [2.45, 2.75) is 135 Å². The maximum absolute atomic E-state index is 14.2. The smallest absolute Gasteiger partial charge is 0.326 e. The second kappa shape index (κ2) is 25.1. The molecule has 15 nitrogen and oxygen atoms in total. The number of aliphatic carboxylic acids is 1. The molecule has 0 aliphatic carbocycles. The largest absolute Gasteiger partial charge is 0.480 e. The van der Waals surface area contributed by atoms with E-state index in [0.29, 0.717) is 64.5 Å². The van der Waals surface area contributed by atoms with E-state index in [1.807, 2.05) is 33.8 Å². The van der Waals surface area contributed by atoms with Crippen molar-refractivity contribution in [3.63, 3.8) is 0 Å². The van der Waals surface area contributed by atoms with Gasteiger partial charge in [-0.25, -0.2) is 4.79 Å². The van der Waals surface area contributed by atoms with Crippen LogP contribution in [-0.2, 0) is 35.2 Å². The molecule has 7 atom stereocenters. The maximum Gasteiger partial charge on any atom is 0.326 e. The summed E-state index contributed by atoms with van der Waals surface area (Å²) in [6, 6.07) is 3.13. The van der Waals surface area contributed by atoms with Gasteiger partial charge in [0.1, 0.15) is 36.3 Å². The van der Waals surface area contributed by atoms with Crippen molar-refractivity contribution in [2.75, 3.05) is 19.6 Å². The molecule has 1 aromatic rings. The molecular weight excluding hydrogens is 725 g/mol. The Morgan fingerprint density at radius 3 is 2.00 bits per heavy atom. The summed E-state index contributed by atoms with van der Waals surface area (Å²) in [7, 11) is 0. The number of nitrogens with two attached hydrogens (primary N) is 2. The number of carboxylic acid groups (broad SMARTS) is 1. The van der Waals surface area contributed by atoms with Gasteiger partial charge in [0.25, 0.3) is 0 Å². The monoisotopic (exact) mass is 788 g/mol. The molecular formula is C39H64N8O7S. The number of hydrogen-bond donors (Lipinski definition) is 8. The first kappa shape index (κ1) is 47.0. The fourth-order valence-electron chi connectivity index (χ4n) is 6.63. The van der Waals surface area contributed by atoms with Gasteiger partial charge in [0, 0.05) is 13.0 Å². The van der Waals surface area contributed by atoms with Gasteiger partial charge in [-0.3, -0.25) is 24.0 Å². The zero-order valence-electron chi connectivity index (χ0n) is 32.9. The fourth-order valence-corrected chi connectivity index (χ4v) is 6.79. The first-order valence-corrected chi connectivity index (χ1v) is 20.1. The molecule has 0 unspecified atom stereocenters. The van der Waals surface area contributed by atoms with Crippen LogP contribution in [0.5, 0.6) is 0 Å². The number of carboxylic acids is 1. The van der Waals surface area contributed by atoms with E-state index in [1.54, 1.807) is 24.3 Å². The summed E-state index contributed by atoms with van der Waals surface area (Å²) >= 11 is 4.94. The second-order valence-electron chi connectivity index (χ2n) is 14.8. The molecule has 0 aromatic heterocycles. The van der Waals surface area contributed by atoms with E-state index >= 15 is 0 Å². The summed E-state index contributed by atoms with van der Waals surface area (Å²) in [6.07, 6.45) is 4.65. The van der Waals surface area contributed by atoms with E-state index in [2.05, 4.69) is 26.6 Å². The number of likely N-dealkylation sites (tertiary alicyclic amines) is 1. The Morgan fingerprint density at radius 2 is 1.44 bits per heavy atom. The molecule has 0 radical (unpaired) electrons. The molecule has 0 spiro atoms. The van der Waals surface area contributed by atoms with Crippen LogP contribution in [0.4, 0.5) is 0 Å². The lowest BCUT2D eigenvalue weighted by Crippen LogP contribution is -2.60. The van der Waals surface area contributed by atoms with Crippen LogP contribution in [0.3, 0.4) is 0 Å². The Bertz CT molecular complexity index is 1400. The topological polar surface area (TPSA) is 238 Å². The zero-order valence-corrected chi connectivity index (χ0v) is 33.7. The van der Waals surface area contributed by atoms with Crippen molar-refractivity contribution in [2.24, 2.45) is 23.3 Å². The zero-order chi connectivity index (χ0) is 40.9. The van der Waals surface area contributed by atoms with Crippen molar-refractivity contribution in [3.05, 3.63) is 35.9 Å². The lowest BCUT2D eigenvalue weighted by atomic mass is 9.96. The minimum Gasteiger partial charge on any atom is -0.480 e. The van der Waals surface area contributed by atoms with Gasteiger partial charge in [0.05, 0.1) is 5.49 Å².